The standard InChI is InChI=1S/C23H29FN2O3/c1-28-20-10-6-18(7-11-20)22(26-14-4-2-3-5-15-26)16-25-23(27)17-29-21-12-8-19(24)9-13-21/h6-13,22H,2-5,14-17H2,1H3,(H,25,27). The van der Waals surface area contributed by atoms with E-state index in [2.05, 4.69) is 22.3 Å². The summed E-state index contributed by atoms with van der Waals surface area (Å²) in [5.74, 6) is 0.769. The summed E-state index contributed by atoms with van der Waals surface area (Å²) >= 11 is 0. The molecule has 1 N–H and O–H groups in total. The van der Waals surface area contributed by atoms with Gasteiger partial charge < -0.3 is 14.8 Å². The van der Waals surface area contributed by atoms with Crippen LogP contribution in [0.3, 0.4) is 0 Å². The van der Waals surface area contributed by atoms with Crippen LogP contribution in [0.4, 0.5) is 4.39 Å². The maximum atomic E-state index is 13.0. The van der Waals surface area contributed by atoms with Crippen molar-refractivity contribution >= 4 is 5.91 Å². The zero-order valence-corrected chi connectivity index (χ0v) is 16.9. The number of nitrogens with zero attached hydrogens (tertiary/aromatic N) is 1. The van der Waals surface area contributed by atoms with E-state index in [1.165, 1.54) is 49.9 Å². The molecule has 5 nitrogen and oxygen atoms in total. The third-order valence-electron chi connectivity index (χ3n) is 5.26. The molecule has 2 aromatic carbocycles. The molecular formula is C23H29FN2O3. The minimum atomic E-state index is -0.332. The lowest BCUT2D eigenvalue weighted by molar-refractivity contribution is -0.123. The second-order valence-electron chi connectivity index (χ2n) is 7.29. The van der Waals surface area contributed by atoms with Gasteiger partial charge in [0.05, 0.1) is 13.2 Å². The van der Waals surface area contributed by atoms with Crippen LogP contribution in [-0.2, 0) is 4.79 Å². The van der Waals surface area contributed by atoms with Gasteiger partial charge in [0.15, 0.2) is 6.61 Å². The summed E-state index contributed by atoms with van der Waals surface area (Å²) < 4.78 is 23.7. The molecule has 1 unspecified atom stereocenters. The molecule has 1 atom stereocenters. The zero-order chi connectivity index (χ0) is 20.5. The van der Waals surface area contributed by atoms with Crippen molar-refractivity contribution in [2.24, 2.45) is 0 Å². The van der Waals surface area contributed by atoms with Crippen molar-refractivity contribution in [1.82, 2.24) is 10.2 Å². The number of benzene rings is 2. The Hall–Kier alpha value is -2.60. The number of rotatable bonds is 8. The number of ether oxygens (including phenoxy) is 2. The normalized spacial score (nSPS) is 15.9. The van der Waals surface area contributed by atoms with Gasteiger partial charge in [-0.3, -0.25) is 9.69 Å². The summed E-state index contributed by atoms with van der Waals surface area (Å²) in [6, 6.07) is 13.8. The molecule has 3 rings (SSSR count). The molecule has 1 saturated heterocycles. The summed E-state index contributed by atoms with van der Waals surface area (Å²) in [7, 11) is 1.66. The first kappa shape index (κ1) is 21.1. The Labute approximate surface area is 171 Å². The van der Waals surface area contributed by atoms with Crippen LogP contribution < -0.4 is 14.8 Å². The quantitative estimate of drug-likeness (QED) is 0.729. The number of hydrogen-bond acceptors (Lipinski definition) is 4. The van der Waals surface area contributed by atoms with Crippen LogP contribution in [0.1, 0.15) is 37.3 Å². The van der Waals surface area contributed by atoms with E-state index < -0.39 is 0 Å². The van der Waals surface area contributed by atoms with E-state index in [4.69, 9.17) is 9.47 Å². The molecule has 0 aliphatic carbocycles. The van der Waals surface area contributed by atoms with Gasteiger partial charge in [0.1, 0.15) is 17.3 Å². The molecule has 1 aliphatic rings. The van der Waals surface area contributed by atoms with Crippen molar-refractivity contribution in [3.8, 4) is 11.5 Å². The number of methoxy groups -OCH3 is 1. The molecule has 0 saturated carbocycles. The van der Waals surface area contributed by atoms with Crippen molar-refractivity contribution < 1.29 is 18.7 Å². The third kappa shape index (κ3) is 6.46. The summed E-state index contributed by atoms with van der Waals surface area (Å²) in [5.41, 5.74) is 1.16. The van der Waals surface area contributed by atoms with Crippen molar-refractivity contribution in [3.05, 3.63) is 59.9 Å². The largest absolute Gasteiger partial charge is 0.497 e. The highest BCUT2D eigenvalue weighted by molar-refractivity contribution is 5.77. The summed E-state index contributed by atoms with van der Waals surface area (Å²) in [6.45, 7) is 2.47. The summed E-state index contributed by atoms with van der Waals surface area (Å²) in [5, 5.41) is 3.00. The number of carbonyl (C=O) groups is 1. The Morgan fingerprint density at radius 1 is 1.00 bits per heavy atom. The van der Waals surface area contributed by atoms with Gasteiger partial charge in [-0.2, -0.15) is 0 Å². The Bertz CT molecular complexity index is 757. The molecule has 1 heterocycles. The van der Waals surface area contributed by atoms with E-state index >= 15 is 0 Å². The van der Waals surface area contributed by atoms with Crippen LogP contribution in [0, 0.1) is 5.82 Å². The molecule has 1 aliphatic heterocycles. The van der Waals surface area contributed by atoms with Gasteiger partial charge in [-0.25, -0.2) is 4.39 Å². The van der Waals surface area contributed by atoms with Crippen LogP contribution in [-0.4, -0.2) is 44.2 Å². The highest BCUT2D eigenvalue weighted by Gasteiger charge is 2.22. The average molecular weight is 400 g/mol. The van der Waals surface area contributed by atoms with Gasteiger partial charge in [0, 0.05) is 6.54 Å². The monoisotopic (exact) mass is 400 g/mol. The first-order chi connectivity index (χ1) is 14.2. The lowest BCUT2D eigenvalue weighted by Gasteiger charge is -2.31. The van der Waals surface area contributed by atoms with Crippen molar-refractivity contribution in [3.63, 3.8) is 0 Å². The minimum Gasteiger partial charge on any atom is -0.497 e. The Morgan fingerprint density at radius 2 is 1.62 bits per heavy atom. The number of amides is 1. The van der Waals surface area contributed by atoms with Crippen LogP contribution >= 0.6 is 0 Å². The molecule has 6 heteroatoms. The molecule has 29 heavy (non-hydrogen) atoms. The number of hydrogen-bond donors (Lipinski definition) is 1. The summed E-state index contributed by atoms with van der Waals surface area (Å²) in [6.07, 6.45) is 4.86. The van der Waals surface area contributed by atoms with E-state index in [1.807, 2.05) is 12.1 Å². The van der Waals surface area contributed by atoms with Gasteiger partial charge >= 0.3 is 0 Å². The van der Waals surface area contributed by atoms with E-state index in [1.54, 1.807) is 7.11 Å². The van der Waals surface area contributed by atoms with E-state index in [0.29, 0.717) is 12.3 Å². The Kier molecular flexibility index (Phi) is 7.87. The van der Waals surface area contributed by atoms with Crippen LogP contribution in [0.2, 0.25) is 0 Å². The van der Waals surface area contributed by atoms with Gasteiger partial charge in [-0.15, -0.1) is 0 Å². The molecule has 0 aromatic heterocycles. The predicted octanol–water partition coefficient (Wildman–Crippen LogP) is 3.95. The molecule has 1 fully saturated rings. The lowest BCUT2D eigenvalue weighted by Crippen LogP contribution is -2.40. The molecule has 0 spiro atoms. The molecule has 2 aromatic rings. The zero-order valence-electron chi connectivity index (χ0n) is 16.9. The van der Waals surface area contributed by atoms with Crippen molar-refractivity contribution in [2.45, 2.75) is 31.7 Å². The smallest absolute Gasteiger partial charge is 0.258 e. The predicted molar refractivity (Wildman–Crippen MR) is 111 cm³/mol. The highest BCUT2D eigenvalue weighted by Crippen LogP contribution is 2.25. The second kappa shape index (κ2) is 10.8. The number of carbonyl (C=O) groups excluding carboxylic acids is 1. The number of likely N-dealkylation sites (tertiary alicyclic amines) is 1. The summed E-state index contributed by atoms with van der Waals surface area (Å²) in [4.78, 5) is 14.8. The number of nitrogens with one attached hydrogen (secondary N) is 1. The number of halogens is 1. The van der Waals surface area contributed by atoms with Gasteiger partial charge in [-0.1, -0.05) is 25.0 Å². The van der Waals surface area contributed by atoms with Crippen LogP contribution in [0.15, 0.2) is 48.5 Å². The van der Waals surface area contributed by atoms with Crippen molar-refractivity contribution in [2.75, 3.05) is 33.4 Å². The van der Waals surface area contributed by atoms with Gasteiger partial charge in [0.2, 0.25) is 0 Å². The Balaban J connectivity index is 1.60. The van der Waals surface area contributed by atoms with E-state index in [-0.39, 0.29) is 24.4 Å². The lowest BCUT2D eigenvalue weighted by atomic mass is 10.0. The molecule has 0 bridgehead atoms. The van der Waals surface area contributed by atoms with Crippen LogP contribution in [0.25, 0.3) is 0 Å². The molecule has 0 radical (unpaired) electrons. The van der Waals surface area contributed by atoms with E-state index in [9.17, 15) is 9.18 Å². The Morgan fingerprint density at radius 3 is 2.24 bits per heavy atom. The maximum absolute atomic E-state index is 13.0. The average Bonchev–Trinajstić information content (AvgIpc) is 3.03. The topological polar surface area (TPSA) is 50.8 Å². The third-order valence-corrected chi connectivity index (χ3v) is 5.26. The van der Waals surface area contributed by atoms with Crippen LogP contribution in [0.5, 0.6) is 11.5 Å². The minimum absolute atomic E-state index is 0.0963. The first-order valence-corrected chi connectivity index (χ1v) is 10.2. The highest BCUT2D eigenvalue weighted by atomic mass is 19.1. The fourth-order valence-corrected chi connectivity index (χ4v) is 3.63. The second-order valence-corrected chi connectivity index (χ2v) is 7.29. The van der Waals surface area contributed by atoms with Gasteiger partial charge in [-0.05, 0) is 67.9 Å². The SMILES string of the molecule is COc1ccc(C(CNC(=O)COc2ccc(F)cc2)N2CCCCCC2)cc1. The fourth-order valence-electron chi connectivity index (χ4n) is 3.63. The van der Waals surface area contributed by atoms with Gasteiger partial charge in [0.25, 0.3) is 5.91 Å². The molecular weight excluding hydrogens is 371 g/mol. The molecule has 1 amide bonds. The maximum Gasteiger partial charge on any atom is 0.258 e. The molecule has 156 valence electrons. The van der Waals surface area contributed by atoms with E-state index in [0.717, 1.165) is 24.4 Å². The fraction of sp³-hybridized carbons (Fsp3) is 0.435. The first-order valence-electron chi connectivity index (χ1n) is 10.2. The van der Waals surface area contributed by atoms with Crippen molar-refractivity contribution in [1.29, 1.82) is 0 Å².